The van der Waals surface area contributed by atoms with Crippen LogP contribution < -0.4 is 5.73 Å². The van der Waals surface area contributed by atoms with E-state index in [0.717, 1.165) is 0 Å². The summed E-state index contributed by atoms with van der Waals surface area (Å²) >= 11 is 0. The molecule has 1 amide bonds. The molecule has 4 aromatic heterocycles. The van der Waals surface area contributed by atoms with Crippen LogP contribution in [0.4, 0.5) is 0 Å². The van der Waals surface area contributed by atoms with E-state index < -0.39 is 11.5 Å². The summed E-state index contributed by atoms with van der Waals surface area (Å²) in [5, 5.41) is 22.8. The summed E-state index contributed by atoms with van der Waals surface area (Å²) in [6.45, 7) is 3.08. The summed E-state index contributed by atoms with van der Waals surface area (Å²) in [5.41, 5.74) is 4.88. The van der Waals surface area contributed by atoms with Gasteiger partial charge >= 0.3 is 0 Å². The summed E-state index contributed by atoms with van der Waals surface area (Å²) in [6.07, 6.45) is 3.11. The number of nitrogens with zero attached hydrogens (tertiary/aromatic N) is 6. The Morgan fingerprint density at radius 3 is 2.83 bits per heavy atom. The Bertz CT molecular complexity index is 1290. The van der Waals surface area contributed by atoms with Gasteiger partial charge in [-0.25, -0.2) is 9.97 Å². The average molecular weight is 389 g/mol. The molecule has 0 radical (unpaired) electrons. The molecule has 10 nitrogen and oxygen atoms in total. The maximum Gasteiger partial charge on any atom is 0.269 e. The van der Waals surface area contributed by atoms with Gasteiger partial charge in [0.05, 0.1) is 5.39 Å². The molecular weight excluding hydrogens is 374 g/mol. The Kier molecular flexibility index (Phi) is 4.29. The van der Waals surface area contributed by atoms with Crippen LogP contribution in [-0.4, -0.2) is 41.0 Å². The van der Waals surface area contributed by atoms with Crippen LogP contribution in [0.5, 0.6) is 0 Å². The molecule has 0 aliphatic heterocycles. The normalized spacial score (nSPS) is 12.9. The third-order valence-corrected chi connectivity index (χ3v) is 4.03. The van der Waals surface area contributed by atoms with Gasteiger partial charge < -0.3 is 15.3 Å². The largest absolute Gasteiger partial charge is 0.421 e. The molecule has 29 heavy (non-hydrogen) atoms. The van der Waals surface area contributed by atoms with Gasteiger partial charge in [-0.1, -0.05) is 11.8 Å². The smallest absolute Gasteiger partial charge is 0.269 e. The molecule has 1 atom stereocenters. The minimum Gasteiger partial charge on any atom is -0.421 e. The van der Waals surface area contributed by atoms with Gasteiger partial charge in [-0.05, 0) is 31.2 Å². The van der Waals surface area contributed by atoms with E-state index in [-0.39, 0.29) is 11.6 Å². The maximum atomic E-state index is 11.7. The van der Waals surface area contributed by atoms with Crippen LogP contribution in [0.1, 0.15) is 34.8 Å². The van der Waals surface area contributed by atoms with Gasteiger partial charge in [-0.2, -0.15) is 9.78 Å². The standard InChI is InChI=1S/C19H15N7O3/c1-11-23-24-18(29-11)19(2,28)7-5-12-6-9-21-14(10-12)26-17-13(4-3-8-22-17)15(25-26)16(20)27/h3-4,6,8-10,28H,1-2H3,(H2,20,27)/t19-/m1/s1. The molecule has 0 aliphatic carbocycles. The Hall–Kier alpha value is -4.10. The fraction of sp³-hybridized carbons (Fsp3) is 0.158. The number of primary amides is 1. The first kappa shape index (κ1) is 18.3. The molecule has 0 spiro atoms. The molecule has 144 valence electrons. The van der Waals surface area contributed by atoms with E-state index >= 15 is 0 Å². The molecule has 0 unspecified atom stereocenters. The van der Waals surface area contributed by atoms with Crippen LogP contribution in [0.25, 0.3) is 16.9 Å². The lowest BCUT2D eigenvalue weighted by atomic mass is 10.1. The Balaban J connectivity index is 1.75. The highest BCUT2D eigenvalue weighted by molar-refractivity contribution is 6.03. The Morgan fingerprint density at radius 1 is 1.28 bits per heavy atom. The maximum absolute atomic E-state index is 11.7. The van der Waals surface area contributed by atoms with E-state index in [0.29, 0.717) is 28.3 Å². The van der Waals surface area contributed by atoms with Crippen molar-refractivity contribution >= 4 is 16.9 Å². The van der Waals surface area contributed by atoms with Crippen LogP contribution in [0, 0.1) is 18.8 Å². The highest BCUT2D eigenvalue weighted by Crippen LogP contribution is 2.20. The number of hydrogen-bond acceptors (Lipinski definition) is 8. The average Bonchev–Trinajstić information content (AvgIpc) is 3.31. The molecule has 0 saturated heterocycles. The number of aromatic nitrogens is 6. The second-order valence-corrected chi connectivity index (χ2v) is 6.35. The first-order valence-electron chi connectivity index (χ1n) is 8.51. The molecule has 0 bridgehead atoms. The van der Waals surface area contributed by atoms with Crippen LogP contribution in [-0.2, 0) is 5.60 Å². The number of nitrogens with two attached hydrogens (primary N) is 1. The second-order valence-electron chi connectivity index (χ2n) is 6.35. The lowest BCUT2D eigenvalue weighted by Gasteiger charge is -2.09. The predicted molar refractivity (Wildman–Crippen MR) is 101 cm³/mol. The minimum atomic E-state index is -1.62. The number of rotatable bonds is 3. The van der Waals surface area contributed by atoms with Crippen LogP contribution in [0.3, 0.4) is 0 Å². The third kappa shape index (κ3) is 3.42. The third-order valence-electron chi connectivity index (χ3n) is 4.03. The van der Waals surface area contributed by atoms with Crippen molar-refractivity contribution in [1.82, 2.24) is 29.9 Å². The molecule has 4 rings (SSSR count). The monoisotopic (exact) mass is 389 g/mol. The summed E-state index contributed by atoms with van der Waals surface area (Å²) in [7, 11) is 0. The number of amides is 1. The van der Waals surface area contributed by atoms with Crippen molar-refractivity contribution in [3.63, 3.8) is 0 Å². The SMILES string of the molecule is Cc1nnc([C@](C)(O)C#Cc2ccnc(-n3nc(C(N)=O)c4cccnc43)c2)o1. The van der Waals surface area contributed by atoms with E-state index in [1.807, 2.05) is 0 Å². The highest BCUT2D eigenvalue weighted by atomic mass is 16.4. The van der Waals surface area contributed by atoms with Crippen molar-refractivity contribution in [3.05, 3.63) is 59.7 Å². The van der Waals surface area contributed by atoms with Gasteiger partial charge in [-0.3, -0.25) is 4.79 Å². The summed E-state index contributed by atoms with van der Waals surface area (Å²) in [6, 6.07) is 6.71. The van der Waals surface area contributed by atoms with E-state index in [1.54, 1.807) is 37.4 Å². The molecule has 4 aromatic rings. The van der Waals surface area contributed by atoms with Gasteiger partial charge in [0.1, 0.15) is 0 Å². The van der Waals surface area contributed by atoms with E-state index in [1.165, 1.54) is 17.8 Å². The first-order chi connectivity index (χ1) is 13.8. The van der Waals surface area contributed by atoms with Crippen LogP contribution in [0.2, 0.25) is 0 Å². The first-order valence-corrected chi connectivity index (χ1v) is 8.51. The predicted octanol–water partition coefficient (Wildman–Crippen LogP) is 0.865. The molecule has 3 N–H and O–H groups in total. The van der Waals surface area contributed by atoms with Crippen molar-refractivity contribution in [1.29, 1.82) is 0 Å². The number of pyridine rings is 2. The zero-order valence-corrected chi connectivity index (χ0v) is 15.5. The molecule has 0 aromatic carbocycles. The number of aliphatic hydroxyl groups is 1. The molecule has 0 saturated carbocycles. The molecule has 0 aliphatic rings. The van der Waals surface area contributed by atoms with Crippen LogP contribution in [0.15, 0.2) is 41.1 Å². The zero-order chi connectivity index (χ0) is 20.6. The Morgan fingerprint density at radius 2 is 2.10 bits per heavy atom. The van der Waals surface area contributed by atoms with Gasteiger partial charge in [0, 0.05) is 24.9 Å². The van der Waals surface area contributed by atoms with Gasteiger partial charge in [-0.15, -0.1) is 10.2 Å². The number of carbonyl (C=O) groups is 1. The number of hydrogen-bond donors (Lipinski definition) is 2. The van der Waals surface area contributed by atoms with E-state index in [4.69, 9.17) is 10.2 Å². The molecule has 4 heterocycles. The van der Waals surface area contributed by atoms with Gasteiger partial charge in [0.25, 0.3) is 11.8 Å². The lowest BCUT2D eigenvalue weighted by Crippen LogP contribution is -2.19. The van der Waals surface area contributed by atoms with E-state index in [2.05, 4.69) is 37.1 Å². The quantitative estimate of drug-likeness (QED) is 0.491. The van der Waals surface area contributed by atoms with Gasteiger partial charge in [0.2, 0.25) is 11.5 Å². The lowest BCUT2D eigenvalue weighted by molar-refractivity contribution is 0.0881. The molecule has 0 fully saturated rings. The fourth-order valence-electron chi connectivity index (χ4n) is 2.65. The zero-order valence-electron chi connectivity index (χ0n) is 15.5. The van der Waals surface area contributed by atoms with Gasteiger partial charge in [0.15, 0.2) is 17.2 Å². The number of carbonyl (C=O) groups excluding carboxylic acids is 1. The fourth-order valence-corrected chi connectivity index (χ4v) is 2.65. The summed E-state index contributed by atoms with van der Waals surface area (Å²) in [5.74, 6) is 5.63. The number of aryl methyl sites for hydroxylation is 1. The van der Waals surface area contributed by atoms with E-state index in [9.17, 15) is 9.90 Å². The topological polar surface area (TPSA) is 146 Å². The van der Waals surface area contributed by atoms with Crippen molar-refractivity contribution in [2.45, 2.75) is 19.4 Å². The minimum absolute atomic E-state index is 0.00477. The Labute approximate surface area is 164 Å². The van der Waals surface area contributed by atoms with Crippen molar-refractivity contribution in [2.75, 3.05) is 0 Å². The van der Waals surface area contributed by atoms with Crippen molar-refractivity contribution in [3.8, 4) is 17.7 Å². The van der Waals surface area contributed by atoms with Crippen molar-refractivity contribution < 1.29 is 14.3 Å². The number of fused-ring (bicyclic) bond motifs is 1. The van der Waals surface area contributed by atoms with Crippen LogP contribution >= 0.6 is 0 Å². The molecular formula is C19H15N7O3. The summed E-state index contributed by atoms with van der Waals surface area (Å²) in [4.78, 5) is 20.2. The summed E-state index contributed by atoms with van der Waals surface area (Å²) < 4.78 is 6.67. The highest BCUT2D eigenvalue weighted by Gasteiger charge is 2.27. The molecule has 10 heteroatoms. The second kappa shape index (κ2) is 6.81. The van der Waals surface area contributed by atoms with Crippen molar-refractivity contribution in [2.24, 2.45) is 5.73 Å².